The first kappa shape index (κ1) is 19.2. The highest BCUT2D eigenvalue weighted by molar-refractivity contribution is 8.00. The molecule has 0 bridgehead atoms. The molecule has 1 N–H and O–H groups in total. The van der Waals surface area contributed by atoms with Crippen LogP contribution in [0, 0.1) is 13.8 Å². The molecule has 7 nitrogen and oxygen atoms in total. The fraction of sp³-hybridized carbons (Fsp3) is 0.368. The smallest absolute Gasteiger partial charge is 0.348 e. The van der Waals surface area contributed by atoms with Gasteiger partial charge in [-0.25, -0.2) is 9.78 Å². The molecule has 0 saturated carbocycles. The van der Waals surface area contributed by atoms with Crippen molar-refractivity contribution in [1.82, 2.24) is 19.9 Å². The molecular weight excluding hydrogens is 364 g/mol. The number of nitrogens with one attached hydrogen (secondary N) is 1. The van der Waals surface area contributed by atoms with E-state index in [1.165, 1.54) is 11.8 Å². The minimum absolute atomic E-state index is 0.101. The second-order valence-corrected chi connectivity index (χ2v) is 7.38. The van der Waals surface area contributed by atoms with E-state index in [1.54, 1.807) is 11.5 Å². The van der Waals surface area contributed by atoms with Crippen LogP contribution in [0.15, 0.2) is 44.8 Å². The maximum atomic E-state index is 12.5. The van der Waals surface area contributed by atoms with Crippen molar-refractivity contribution < 1.29 is 9.21 Å². The summed E-state index contributed by atoms with van der Waals surface area (Å²) >= 11 is 1.31. The summed E-state index contributed by atoms with van der Waals surface area (Å²) < 4.78 is 7.24. The van der Waals surface area contributed by atoms with Crippen LogP contribution in [0.5, 0.6) is 0 Å². The van der Waals surface area contributed by atoms with Gasteiger partial charge < -0.3 is 9.73 Å². The van der Waals surface area contributed by atoms with Gasteiger partial charge in [-0.1, -0.05) is 30.8 Å². The van der Waals surface area contributed by atoms with Crippen LogP contribution in [-0.4, -0.2) is 32.2 Å². The van der Waals surface area contributed by atoms with Crippen molar-refractivity contribution in [2.75, 3.05) is 6.54 Å². The zero-order valence-corrected chi connectivity index (χ0v) is 16.4. The van der Waals surface area contributed by atoms with Gasteiger partial charge in [-0.15, -0.1) is 0 Å². The lowest BCUT2D eigenvalue weighted by Gasteiger charge is -2.14. The summed E-state index contributed by atoms with van der Waals surface area (Å²) in [7, 11) is 0. The van der Waals surface area contributed by atoms with Crippen LogP contribution >= 0.6 is 11.8 Å². The molecule has 0 radical (unpaired) electrons. The maximum absolute atomic E-state index is 12.5. The molecule has 142 valence electrons. The number of amides is 1. The van der Waals surface area contributed by atoms with Gasteiger partial charge in [0, 0.05) is 24.5 Å². The van der Waals surface area contributed by atoms with E-state index in [-0.39, 0.29) is 16.8 Å². The van der Waals surface area contributed by atoms with E-state index in [0.29, 0.717) is 36.0 Å². The Bertz CT molecular complexity index is 979. The monoisotopic (exact) mass is 386 g/mol. The standard InChI is InChI=1S/C19H22N4O3S/c1-4-16(27-19-22-14-7-5-6-8-15(14)26-19)17(24)20-9-10-23-13(3)11-12(2)21-18(23)25/h5-8,11,16H,4,9-10H2,1-3H3,(H,20,24). The second-order valence-electron chi connectivity index (χ2n) is 6.23. The van der Waals surface area contributed by atoms with Gasteiger partial charge in [0.2, 0.25) is 5.91 Å². The number of aromatic nitrogens is 3. The minimum atomic E-state index is -0.313. The molecule has 8 heteroatoms. The lowest BCUT2D eigenvalue weighted by Crippen LogP contribution is -2.37. The van der Waals surface area contributed by atoms with E-state index in [4.69, 9.17) is 4.42 Å². The summed E-state index contributed by atoms with van der Waals surface area (Å²) in [5.74, 6) is -0.101. The van der Waals surface area contributed by atoms with E-state index >= 15 is 0 Å². The minimum Gasteiger partial charge on any atom is -0.431 e. The average molecular weight is 386 g/mol. The topological polar surface area (TPSA) is 90.0 Å². The highest BCUT2D eigenvalue weighted by atomic mass is 32.2. The molecule has 0 saturated heterocycles. The zero-order valence-electron chi connectivity index (χ0n) is 15.6. The number of fused-ring (bicyclic) bond motifs is 1. The number of oxazole rings is 1. The number of carbonyl (C=O) groups is 1. The average Bonchev–Trinajstić information content (AvgIpc) is 3.04. The molecule has 1 amide bonds. The Morgan fingerprint density at radius 2 is 2.07 bits per heavy atom. The maximum Gasteiger partial charge on any atom is 0.348 e. The van der Waals surface area contributed by atoms with E-state index in [1.807, 2.05) is 44.2 Å². The molecule has 1 atom stereocenters. The van der Waals surface area contributed by atoms with E-state index in [9.17, 15) is 9.59 Å². The molecular formula is C19H22N4O3S. The predicted octanol–water partition coefficient (Wildman–Crippen LogP) is 2.69. The van der Waals surface area contributed by atoms with Crippen molar-refractivity contribution in [3.05, 3.63) is 52.2 Å². The van der Waals surface area contributed by atoms with Gasteiger partial charge in [0.15, 0.2) is 5.58 Å². The number of benzene rings is 1. The Morgan fingerprint density at radius 1 is 1.30 bits per heavy atom. The van der Waals surface area contributed by atoms with Gasteiger partial charge in [0.1, 0.15) is 5.52 Å². The number of nitrogens with zero attached hydrogens (tertiary/aromatic N) is 3. The fourth-order valence-electron chi connectivity index (χ4n) is 2.80. The summed E-state index contributed by atoms with van der Waals surface area (Å²) in [5.41, 5.74) is 2.71. The van der Waals surface area contributed by atoms with Gasteiger partial charge in [0.05, 0.1) is 5.25 Å². The number of hydrogen-bond donors (Lipinski definition) is 1. The van der Waals surface area contributed by atoms with Crippen molar-refractivity contribution in [3.63, 3.8) is 0 Å². The molecule has 1 unspecified atom stereocenters. The number of hydrogen-bond acceptors (Lipinski definition) is 6. The molecule has 0 aliphatic heterocycles. The SMILES string of the molecule is CCC(Sc1nc2ccccc2o1)C(=O)NCCn1c(C)cc(C)nc1=O. The first-order chi connectivity index (χ1) is 13.0. The van der Waals surface area contributed by atoms with Gasteiger partial charge in [-0.3, -0.25) is 9.36 Å². The van der Waals surface area contributed by atoms with Gasteiger partial charge in [-0.2, -0.15) is 4.98 Å². The van der Waals surface area contributed by atoms with E-state index < -0.39 is 0 Å². The molecule has 2 aromatic heterocycles. The highest BCUT2D eigenvalue weighted by Crippen LogP contribution is 2.28. The van der Waals surface area contributed by atoms with Crippen molar-refractivity contribution in [2.45, 2.75) is 44.2 Å². The van der Waals surface area contributed by atoms with Crippen LogP contribution in [0.1, 0.15) is 24.7 Å². The number of aryl methyl sites for hydroxylation is 2. The fourth-order valence-corrected chi connectivity index (χ4v) is 3.69. The summed E-state index contributed by atoms with van der Waals surface area (Å²) in [6.45, 7) is 6.33. The van der Waals surface area contributed by atoms with Gasteiger partial charge in [0.25, 0.3) is 5.22 Å². The predicted molar refractivity (Wildman–Crippen MR) is 105 cm³/mol. The summed E-state index contributed by atoms with van der Waals surface area (Å²) in [5, 5.41) is 3.06. The van der Waals surface area contributed by atoms with Crippen molar-refractivity contribution in [3.8, 4) is 0 Å². The van der Waals surface area contributed by atoms with Crippen LogP contribution < -0.4 is 11.0 Å². The Labute approximate surface area is 161 Å². The number of para-hydroxylation sites is 2. The number of rotatable bonds is 7. The van der Waals surface area contributed by atoms with Crippen LogP contribution in [0.2, 0.25) is 0 Å². The van der Waals surface area contributed by atoms with E-state index in [0.717, 1.165) is 11.2 Å². The van der Waals surface area contributed by atoms with Crippen LogP contribution in [0.3, 0.4) is 0 Å². The quantitative estimate of drug-likeness (QED) is 0.628. The Kier molecular flexibility index (Phi) is 5.95. The molecule has 0 aliphatic carbocycles. The number of thioether (sulfide) groups is 1. The third kappa shape index (κ3) is 4.57. The van der Waals surface area contributed by atoms with Gasteiger partial charge in [-0.05, 0) is 38.5 Å². The zero-order chi connectivity index (χ0) is 19.4. The first-order valence-corrected chi connectivity index (χ1v) is 9.71. The lowest BCUT2D eigenvalue weighted by atomic mass is 10.3. The van der Waals surface area contributed by atoms with Crippen LogP contribution in [0.4, 0.5) is 0 Å². The van der Waals surface area contributed by atoms with Crippen molar-refractivity contribution in [2.24, 2.45) is 0 Å². The van der Waals surface area contributed by atoms with Gasteiger partial charge >= 0.3 is 5.69 Å². The second kappa shape index (κ2) is 8.39. The Hall–Kier alpha value is -2.61. The molecule has 1 aromatic carbocycles. The molecule has 2 heterocycles. The Balaban J connectivity index is 1.59. The third-order valence-electron chi connectivity index (χ3n) is 4.16. The summed E-state index contributed by atoms with van der Waals surface area (Å²) in [4.78, 5) is 32.8. The van der Waals surface area contributed by atoms with Crippen molar-refractivity contribution >= 4 is 28.8 Å². The van der Waals surface area contributed by atoms with E-state index in [2.05, 4.69) is 15.3 Å². The Morgan fingerprint density at radius 3 is 2.78 bits per heavy atom. The van der Waals surface area contributed by atoms with Crippen LogP contribution in [0.25, 0.3) is 11.1 Å². The molecule has 3 aromatic rings. The largest absolute Gasteiger partial charge is 0.431 e. The molecule has 27 heavy (non-hydrogen) atoms. The first-order valence-electron chi connectivity index (χ1n) is 8.83. The molecule has 0 fully saturated rings. The lowest BCUT2D eigenvalue weighted by molar-refractivity contribution is -0.120. The highest BCUT2D eigenvalue weighted by Gasteiger charge is 2.20. The third-order valence-corrected chi connectivity index (χ3v) is 5.37. The normalized spacial score (nSPS) is 12.3. The summed E-state index contributed by atoms with van der Waals surface area (Å²) in [6, 6.07) is 9.35. The molecule has 0 spiro atoms. The number of carbonyl (C=O) groups excluding carboxylic acids is 1. The summed E-state index contributed by atoms with van der Waals surface area (Å²) in [6.07, 6.45) is 0.639. The molecule has 0 aliphatic rings. The van der Waals surface area contributed by atoms with Crippen LogP contribution in [-0.2, 0) is 11.3 Å². The van der Waals surface area contributed by atoms with Crippen molar-refractivity contribution in [1.29, 1.82) is 0 Å². The molecule has 3 rings (SSSR count).